The molecule has 0 aromatic carbocycles. The molecule has 2 aromatic heterocycles. The summed E-state index contributed by atoms with van der Waals surface area (Å²) < 4.78 is 7.56. The first-order valence-electron chi connectivity index (χ1n) is 5.94. The third-order valence-corrected chi connectivity index (χ3v) is 3.35. The summed E-state index contributed by atoms with van der Waals surface area (Å²) in [5, 5.41) is 9.88. The number of hydrogen-bond acceptors (Lipinski definition) is 4. The first kappa shape index (κ1) is 11.3. The van der Waals surface area contributed by atoms with Crippen molar-refractivity contribution < 1.29 is 9.84 Å². The van der Waals surface area contributed by atoms with E-state index in [9.17, 15) is 4.79 Å². The van der Waals surface area contributed by atoms with Crippen LogP contribution in [0.4, 0.5) is 5.69 Å². The van der Waals surface area contributed by atoms with Gasteiger partial charge in [-0.15, -0.1) is 0 Å². The lowest BCUT2D eigenvalue weighted by Gasteiger charge is -2.15. The first-order valence-corrected chi connectivity index (χ1v) is 5.94. The Kier molecular flexibility index (Phi) is 2.61. The second-order valence-electron chi connectivity index (χ2n) is 4.55. The number of rotatable bonds is 2. The molecule has 1 saturated heterocycles. The zero-order chi connectivity index (χ0) is 12.7. The van der Waals surface area contributed by atoms with Crippen LogP contribution in [0.25, 0.3) is 11.0 Å². The van der Waals surface area contributed by atoms with Gasteiger partial charge in [0.1, 0.15) is 11.9 Å². The van der Waals surface area contributed by atoms with Crippen LogP contribution in [-0.2, 0) is 4.74 Å². The fourth-order valence-electron chi connectivity index (χ4n) is 2.45. The zero-order valence-electron chi connectivity index (χ0n) is 9.80. The van der Waals surface area contributed by atoms with Gasteiger partial charge in [-0.25, -0.2) is 0 Å². The predicted octanol–water partition coefficient (Wildman–Crippen LogP) is 0.582. The maximum Gasteiger partial charge on any atom is 0.251 e. The molecule has 0 unspecified atom stereocenters. The second kappa shape index (κ2) is 4.15. The Bertz CT molecular complexity index is 631. The molecule has 1 aliphatic heterocycles. The number of pyridine rings is 1. The van der Waals surface area contributed by atoms with Crippen LogP contribution in [0.15, 0.2) is 23.1 Å². The van der Waals surface area contributed by atoms with Crippen LogP contribution in [0.5, 0.6) is 0 Å². The molecule has 0 bridgehead atoms. The molecule has 0 amide bonds. The van der Waals surface area contributed by atoms with Gasteiger partial charge in [0.25, 0.3) is 5.56 Å². The van der Waals surface area contributed by atoms with Crippen LogP contribution in [0.2, 0.25) is 0 Å². The molecule has 18 heavy (non-hydrogen) atoms. The summed E-state index contributed by atoms with van der Waals surface area (Å²) in [4.78, 5) is 14.2. The number of aromatic amines is 1. The number of fused-ring (bicyclic) bond motifs is 1. The summed E-state index contributed by atoms with van der Waals surface area (Å²) in [6, 6.07) is 3.23. The normalized spacial score (nSPS) is 23.8. The third-order valence-electron chi connectivity index (χ3n) is 3.35. The standard InChI is InChI=1S/C12H15N3O3/c13-9-5-10(17)14-12-8(9)3-4-15(12)11-2-1-7(6-16)18-11/h3-5,7,11,16H,1-2,6H2,(H3,13,14,17)/t7-,11-/m0/s1. The van der Waals surface area contributed by atoms with E-state index in [1.54, 1.807) is 0 Å². The van der Waals surface area contributed by atoms with Gasteiger partial charge in [-0.05, 0) is 18.9 Å². The summed E-state index contributed by atoms with van der Waals surface area (Å²) in [5.41, 5.74) is 6.72. The van der Waals surface area contributed by atoms with Crippen molar-refractivity contribution in [2.45, 2.75) is 25.2 Å². The zero-order valence-corrected chi connectivity index (χ0v) is 9.80. The molecule has 3 heterocycles. The molecule has 3 rings (SSSR count). The van der Waals surface area contributed by atoms with E-state index >= 15 is 0 Å². The van der Waals surface area contributed by atoms with Crippen LogP contribution in [0.1, 0.15) is 19.1 Å². The SMILES string of the molecule is Nc1cc(=O)[nH]c2c1ccn2[C@@H]1CC[C@@H](CO)O1. The second-order valence-corrected chi connectivity index (χ2v) is 4.55. The molecule has 6 heteroatoms. The highest BCUT2D eigenvalue weighted by atomic mass is 16.5. The smallest absolute Gasteiger partial charge is 0.251 e. The van der Waals surface area contributed by atoms with E-state index in [0.717, 1.165) is 18.2 Å². The molecular formula is C12H15N3O3. The van der Waals surface area contributed by atoms with E-state index in [-0.39, 0.29) is 24.5 Å². The Labute approximate surface area is 103 Å². The minimum Gasteiger partial charge on any atom is -0.398 e. The minimum atomic E-state index is -0.225. The van der Waals surface area contributed by atoms with Gasteiger partial charge in [-0.3, -0.25) is 4.79 Å². The predicted molar refractivity (Wildman–Crippen MR) is 67.2 cm³/mol. The molecule has 0 aliphatic carbocycles. The number of ether oxygens (including phenoxy) is 1. The summed E-state index contributed by atoms with van der Waals surface area (Å²) in [5.74, 6) is 0. The Morgan fingerprint density at radius 3 is 3.11 bits per heavy atom. The van der Waals surface area contributed by atoms with Crippen LogP contribution < -0.4 is 11.3 Å². The van der Waals surface area contributed by atoms with Crippen molar-refractivity contribution >= 4 is 16.7 Å². The maximum absolute atomic E-state index is 11.5. The van der Waals surface area contributed by atoms with Crippen molar-refractivity contribution in [1.29, 1.82) is 0 Å². The Balaban J connectivity index is 2.05. The Morgan fingerprint density at radius 1 is 1.56 bits per heavy atom. The molecule has 96 valence electrons. The highest BCUT2D eigenvalue weighted by Crippen LogP contribution is 2.31. The van der Waals surface area contributed by atoms with Gasteiger partial charge in [0.15, 0.2) is 0 Å². The Morgan fingerprint density at radius 2 is 2.39 bits per heavy atom. The van der Waals surface area contributed by atoms with Crippen molar-refractivity contribution in [3.05, 3.63) is 28.7 Å². The third kappa shape index (κ3) is 1.70. The van der Waals surface area contributed by atoms with Gasteiger partial charge in [-0.2, -0.15) is 0 Å². The molecule has 2 aromatic rings. The number of nitrogens with two attached hydrogens (primary N) is 1. The Hall–Kier alpha value is -1.79. The van der Waals surface area contributed by atoms with E-state index in [0.29, 0.717) is 11.3 Å². The molecule has 0 radical (unpaired) electrons. The van der Waals surface area contributed by atoms with Gasteiger partial charge in [0, 0.05) is 23.3 Å². The monoisotopic (exact) mass is 249 g/mol. The van der Waals surface area contributed by atoms with E-state index in [1.165, 1.54) is 6.07 Å². The minimum absolute atomic E-state index is 0.0222. The van der Waals surface area contributed by atoms with Crippen LogP contribution in [0.3, 0.4) is 0 Å². The highest BCUT2D eigenvalue weighted by molar-refractivity contribution is 5.88. The van der Waals surface area contributed by atoms with Gasteiger partial charge in [0.05, 0.1) is 12.7 Å². The van der Waals surface area contributed by atoms with Gasteiger partial charge < -0.3 is 25.1 Å². The fraction of sp³-hybridized carbons (Fsp3) is 0.417. The summed E-state index contributed by atoms with van der Waals surface area (Å²) >= 11 is 0. The molecule has 2 atom stereocenters. The summed E-state index contributed by atoms with van der Waals surface area (Å²) in [6.45, 7) is 0.0222. The number of hydrogen-bond donors (Lipinski definition) is 3. The van der Waals surface area contributed by atoms with E-state index in [2.05, 4.69) is 4.98 Å². The number of anilines is 1. The number of nitrogens with one attached hydrogen (secondary N) is 1. The molecule has 1 aliphatic rings. The van der Waals surface area contributed by atoms with E-state index in [1.807, 2.05) is 16.8 Å². The number of aliphatic hydroxyl groups excluding tert-OH is 1. The molecule has 6 nitrogen and oxygen atoms in total. The number of H-pyrrole nitrogens is 1. The topological polar surface area (TPSA) is 93.3 Å². The van der Waals surface area contributed by atoms with Crippen molar-refractivity contribution in [1.82, 2.24) is 9.55 Å². The molecule has 0 saturated carbocycles. The van der Waals surface area contributed by atoms with Crippen molar-refractivity contribution in [2.24, 2.45) is 0 Å². The lowest BCUT2D eigenvalue weighted by molar-refractivity contribution is -0.0204. The molecule has 4 N–H and O–H groups in total. The summed E-state index contributed by atoms with van der Waals surface area (Å²) in [7, 11) is 0. The largest absolute Gasteiger partial charge is 0.398 e. The van der Waals surface area contributed by atoms with Crippen LogP contribution in [-0.4, -0.2) is 27.4 Å². The molecular weight excluding hydrogens is 234 g/mol. The fourth-order valence-corrected chi connectivity index (χ4v) is 2.45. The number of aromatic nitrogens is 2. The van der Waals surface area contributed by atoms with Gasteiger partial charge >= 0.3 is 0 Å². The van der Waals surface area contributed by atoms with Crippen molar-refractivity contribution in [3.63, 3.8) is 0 Å². The summed E-state index contributed by atoms with van der Waals surface area (Å²) in [6.07, 6.45) is 3.19. The average molecular weight is 249 g/mol. The van der Waals surface area contributed by atoms with Crippen molar-refractivity contribution in [2.75, 3.05) is 12.3 Å². The van der Waals surface area contributed by atoms with Crippen LogP contribution in [0, 0.1) is 0 Å². The quantitative estimate of drug-likeness (QED) is 0.725. The van der Waals surface area contributed by atoms with E-state index in [4.69, 9.17) is 15.6 Å². The van der Waals surface area contributed by atoms with E-state index < -0.39 is 0 Å². The molecule has 0 spiro atoms. The maximum atomic E-state index is 11.5. The van der Waals surface area contributed by atoms with Gasteiger partial charge in [0.2, 0.25) is 0 Å². The van der Waals surface area contributed by atoms with Crippen molar-refractivity contribution in [3.8, 4) is 0 Å². The lowest BCUT2D eigenvalue weighted by Crippen LogP contribution is -2.15. The molecule has 1 fully saturated rings. The highest BCUT2D eigenvalue weighted by Gasteiger charge is 2.26. The number of aliphatic hydroxyl groups is 1. The lowest BCUT2D eigenvalue weighted by atomic mass is 10.2. The van der Waals surface area contributed by atoms with Gasteiger partial charge in [-0.1, -0.05) is 0 Å². The number of nitrogen functional groups attached to an aromatic ring is 1. The number of nitrogens with zero attached hydrogens (tertiary/aromatic N) is 1. The average Bonchev–Trinajstić information content (AvgIpc) is 2.93. The first-order chi connectivity index (χ1) is 8.69. The van der Waals surface area contributed by atoms with Crippen LogP contribution >= 0.6 is 0 Å².